The van der Waals surface area contributed by atoms with Crippen molar-refractivity contribution in [3.05, 3.63) is 89.9 Å². The van der Waals surface area contributed by atoms with Crippen molar-refractivity contribution in [2.45, 2.75) is 9.92 Å². The van der Waals surface area contributed by atoms with Gasteiger partial charge in [0.2, 0.25) is 0 Å². The molecule has 3 N–H and O–H groups in total. The maximum absolute atomic E-state index is 12.7. The van der Waals surface area contributed by atoms with Gasteiger partial charge in [0.1, 0.15) is 5.03 Å². The number of nitrogen functional groups attached to an aromatic ring is 1. The zero-order valence-electron chi connectivity index (χ0n) is 14.8. The van der Waals surface area contributed by atoms with Gasteiger partial charge >= 0.3 is 0 Å². The second kappa shape index (κ2) is 8.29. The summed E-state index contributed by atoms with van der Waals surface area (Å²) < 4.78 is 0. The fourth-order valence-corrected chi connectivity index (χ4v) is 4.16. The lowest BCUT2D eigenvalue weighted by atomic mass is 10.1. The van der Waals surface area contributed by atoms with Crippen LogP contribution in [0, 0.1) is 0 Å². The van der Waals surface area contributed by atoms with Crippen LogP contribution in [0.5, 0.6) is 0 Å². The highest BCUT2D eigenvalue weighted by atomic mass is 32.2. The van der Waals surface area contributed by atoms with E-state index in [1.807, 2.05) is 66.0 Å². The zero-order valence-corrected chi connectivity index (χ0v) is 16.5. The van der Waals surface area contributed by atoms with Gasteiger partial charge in [-0.05, 0) is 65.5 Å². The number of nitrogens with one attached hydrogen (secondary N) is 1. The van der Waals surface area contributed by atoms with E-state index in [0.29, 0.717) is 16.9 Å². The molecule has 2 heterocycles. The number of benzene rings is 2. The number of carbonyl (C=O) groups is 1. The van der Waals surface area contributed by atoms with Gasteiger partial charge in [0, 0.05) is 21.5 Å². The quantitative estimate of drug-likeness (QED) is 0.414. The summed E-state index contributed by atoms with van der Waals surface area (Å²) in [5.41, 5.74) is 8.81. The molecular weight excluding hydrogens is 386 g/mol. The predicted octanol–water partition coefficient (Wildman–Crippen LogP) is 5.80. The first-order chi connectivity index (χ1) is 13.7. The minimum atomic E-state index is -0.190. The van der Waals surface area contributed by atoms with Crippen molar-refractivity contribution < 1.29 is 4.79 Å². The Hall–Kier alpha value is -3.09. The molecule has 0 aliphatic heterocycles. The fraction of sp³-hybridized carbons (Fsp3) is 0. The fourth-order valence-electron chi connectivity index (χ4n) is 2.66. The smallest absolute Gasteiger partial charge is 0.255 e. The number of nitrogens with zero attached hydrogens (tertiary/aromatic N) is 1. The molecule has 0 saturated carbocycles. The Bertz CT molecular complexity index is 1080. The van der Waals surface area contributed by atoms with E-state index >= 15 is 0 Å². The summed E-state index contributed by atoms with van der Waals surface area (Å²) >= 11 is 3.20. The van der Waals surface area contributed by atoms with Crippen LogP contribution in [0.1, 0.15) is 10.4 Å². The van der Waals surface area contributed by atoms with Gasteiger partial charge in [-0.2, -0.15) is 0 Å². The van der Waals surface area contributed by atoms with Crippen molar-refractivity contribution in [1.82, 2.24) is 4.98 Å². The Balaban J connectivity index is 1.48. The third-order valence-electron chi connectivity index (χ3n) is 4.08. The number of rotatable bonds is 5. The molecule has 0 radical (unpaired) electrons. The lowest BCUT2D eigenvalue weighted by molar-refractivity contribution is 0.102. The summed E-state index contributed by atoms with van der Waals surface area (Å²) in [6.07, 6.45) is 1.76. The monoisotopic (exact) mass is 403 g/mol. The average Bonchev–Trinajstić information content (AvgIpc) is 3.26. The molecule has 0 aliphatic carbocycles. The van der Waals surface area contributed by atoms with Gasteiger partial charge in [-0.25, -0.2) is 4.98 Å². The summed E-state index contributed by atoms with van der Waals surface area (Å²) in [5, 5.41) is 5.86. The highest BCUT2D eigenvalue weighted by Gasteiger charge is 2.10. The lowest BCUT2D eigenvalue weighted by Crippen LogP contribution is -2.13. The molecule has 2 aromatic carbocycles. The van der Waals surface area contributed by atoms with Crippen molar-refractivity contribution in [3.8, 4) is 10.4 Å². The van der Waals surface area contributed by atoms with Crippen LogP contribution in [0.4, 0.5) is 11.4 Å². The second-order valence-electron chi connectivity index (χ2n) is 6.03. The molecule has 0 saturated heterocycles. The Morgan fingerprint density at radius 2 is 1.86 bits per heavy atom. The van der Waals surface area contributed by atoms with Crippen molar-refractivity contribution in [2.24, 2.45) is 0 Å². The Morgan fingerprint density at radius 1 is 1.00 bits per heavy atom. The van der Waals surface area contributed by atoms with Crippen LogP contribution in [0.25, 0.3) is 10.4 Å². The van der Waals surface area contributed by atoms with Crippen LogP contribution in [0.2, 0.25) is 0 Å². The normalized spacial score (nSPS) is 10.6. The van der Waals surface area contributed by atoms with Crippen molar-refractivity contribution in [2.75, 3.05) is 11.1 Å². The molecule has 0 bridgehead atoms. The molecule has 1 amide bonds. The summed E-state index contributed by atoms with van der Waals surface area (Å²) in [7, 11) is 0. The second-order valence-corrected chi connectivity index (χ2v) is 8.07. The van der Waals surface area contributed by atoms with Crippen LogP contribution >= 0.6 is 23.1 Å². The molecule has 4 nitrogen and oxygen atoms in total. The number of hydrogen-bond donors (Lipinski definition) is 2. The van der Waals surface area contributed by atoms with Crippen LogP contribution in [0.3, 0.4) is 0 Å². The number of anilines is 2. The largest absolute Gasteiger partial charge is 0.397 e. The summed E-state index contributed by atoms with van der Waals surface area (Å²) in [6.45, 7) is 0. The lowest BCUT2D eigenvalue weighted by Gasteiger charge is -2.10. The van der Waals surface area contributed by atoms with E-state index in [1.54, 1.807) is 41.4 Å². The van der Waals surface area contributed by atoms with Gasteiger partial charge in [0.15, 0.2) is 0 Å². The van der Waals surface area contributed by atoms with Gasteiger partial charge in [-0.1, -0.05) is 30.0 Å². The van der Waals surface area contributed by atoms with Gasteiger partial charge in [-0.3, -0.25) is 4.79 Å². The molecule has 4 aromatic rings. The molecule has 4 rings (SSSR count). The third-order valence-corrected chi connectivity index (χ3v) is 5.96. The summed E-state index contributed by atoms with van der Waals surface area (Å²) in [5.74, 6) is -0.190. The van der Waals surface area contributed by atoms with Crippen molar-refractivity contribution >= 4 is 40.4 Å². The first-order valence-corrected chi connectivity index (χ1v) is 10.3. The number of carbonyl (C=O) groups excluding carboxylic acids is 1. The predicted molar refractivity (Wildman–Crippen MR) is 117 cm³/mol. The zero-order chi connectivity index (χ0) is 19.3. The van der Waals surface area contributed by atoms with Crippen LogP contribution in [-0.4, -0.2) is 10.9 Å². The number of hydrogen-bond acceptors (Lipinski definition) is 5. The van der Waals surface area contributed by atoms with E-state index in [4.69, 9.17) is 5.73 Å². The number of thiophene rings is 1. The van der Waals surface area contributed by atoms with E-state index in [-0.39, 0.29) is 5.91 Å². The van der Waals surface area contributed by atoms with E-state index in [1.165, 1.54) is 0 Å². The number of nitrogens with two attached hydrogens (primary N) is 1. The number of pyridine rings is 1. The molecule has 6 heteroatoms. The van der Waals surface area contributed by atoms with Crippen molar-refractivity contribution in [1.29, 1.82) is 0 Å². The highest BCUT2D eigenvalue weighted by molar-refractivity contribution is 7.99. The highest BCUT2D eigenvalue weighted by Crippen LogP contribution is 2.31. The maximum atomic E-state index is 12.7. The summed E-state index contributed by atoms with van der Waals surface area (Å²) in [6, 6.07) is 23.0. The topological polar surface area (TPSA) is 68.0 Å². The van der Waals surface area contributed by atoms with Crippen molar-refractivity contribution in [3.63, 3.8) is 0 Å². The van der Waals surface area contributed by atoms with Crippen LogP contribution in [-0.2, 0) is 0 Å². The molecule has 0 fully saturated rings. The van der Waals surface area contributed by atoms with Gasteiger partial charge in [0.25, 0.3) is 5.91 Å². The standard InChI is InChI=1S/C22H17N3OS2/c23-18-11-8-16(20-4-3-13-27-20)14-19(18)25-22(26)15-6-9-17(10-7-15)28-21-5-1-2-12-24-21/h1-14H,23H2,(H,25,26). The SMILES string of the molecule is Nc1ccc(-c2cccs2)cc1NC(=O)c1ccc(Sc2ccccn2)cc1. The van der Waals surface area contributed by atoms with Crippen LogP contribution < -0.4 is 11.1 Å². The van der Waals surface area contributed by atoms with E-state index < -0.39 is 0 Å². The molecular formula is C22H17N3OS2. The molecule has 28 heavy (non-hydrogen) atoms. The molecule has 0 spiro atoms. The third kappa shape index (κ3) is 4.24. The average molecular weight is 404 g/mol. The maximum Gasteiger partial charge on any atom is 0.255 e. The van der Waals surface area contributed by atoms with Gasteiger partial charge in [0.05, 0.1) is 11.4 Å². The number of aromatic nitrogens is 1. The molecule has 2 aromatic heterocycles. The minimum Gasteiger partial charge on any atom is -0.397 e. The minimum absolute atomic E-state index is 0.190. The Labute approximate surface area is 171 Å². The number of amides is 1. The Kier molecular flexibility index (Phi) is 5.41. The molecule has 0 aliphatic rings. The van der Waals surface area contributed by atoms with E-state index in [2.05, 4.69) is 10.3 Å². The van der Waals surface area contributed by atoms with E-state index in [0.717, 1.165) is 20.4 Å². The molecule has 0 unspecified atom stereocenters. The summed E-state index contributed by atoms with van der Waals surface area (Å²) in [4.78, 5) is 19.1. The molecule has 138 valence electrons. The Morgan fingerprint density at radius 3 is 2.57 bits per heavy atom. The first-order valence-electron chi connectivity index (χ1n) is 8.63. The van der Waals surface area contributed by atoms with E-state index in [9.17, 15) is 4.79 Å². The first kappa shape index (κ1) is 18.3. The van der Waals surface area contributed by atoms with Gasteiger partial charge in [-0.15, -0.1) is 11.3 Å². The molecule has 0 atom stereocenters. The van der Waals surface area contributed by atoms with Gasteiger partial charge < -0.3 is 11.1 Å². The van der Waals surface area contributed by atoms with Crippen LogP contribution in [0.15, 0.2) is 94.3 Å².